The number of halogens is 1. The van der Waals surface area contributed by atoms with Crippen LogP contribution < -0.4 is 4.74 Å². The first-order valence-corrected chi connectivity index (χ1v) is 8.84. The fourth-order valence-corrected chi connectivity index (χ4v) is 2.54. The molecule has 0 aliphatic heterocycles. The Kier molecular flexibility index (Phi) is 6.47. The summed E-state index contributed by atoms with van der Waals surface area (Å²) in [4.78, 5) is 26.5. The average Bonchev–Trinajstić information content (AvgIpc) is 3.24. The molecule has 2 aromatic carbocycles. The Hall–Kier alpha value is -3.81. The first kappa shape index (κ1) is 19.9. The Labute approximate surface area is 166 Å². The highest BCUT2D eigenvalue weighted by molar-refractivity contribution is 6.06. The van der Waals surface area contributed by atoms with Crippen molar-refractivity contribution in [3.05, 3.63) is 78.1 Å². The third-order valence-corrected chi connectivity index (χ3v) is 4.01. The van der Waals surface area contributed by atoms with Gasteiger partial charge in [-0.3, -0.25) is 9.59 Å². The highest BCUT2D eigenvalue weighted by Gasteiger charge is 2.06. The molecule has 0 aliphatic rings. The summed E-state index contributed by atoms with van der Waals surface area (Å²) in [6.07, 6.45) is 6.07. The van der Waals surface area contributed by atoms with Crippen LogP contribution in [-0.4, -0.2) is 38.2 Å². The number of carbonyl (C=O) groups excluding carboxylic acids is 1. The molecule has 3 rings (SSSR count). The number of rotatable bonds is 9. The largest absolute Gasteiger partial charge is 0.494 e. The van der Waals surface area contributed by atoms with Crippen molar-refractivity contribution in [1.82, 2.24) is 14.8 Å². The Balaban J connectivity index is 1.59. The number of aromatic nitrogens is 3. The van der Waals surface area contributed by atoms with E-state index < -0.39 is 11.8 Å². The van der Waals surface area contributed by atoms with Crippen molar-refractivity contribution in [1.29, 1.82) is 0 Å². The van der Waals surface area contributed by atoms with Crippen molar-refractivity contribution in [2.24, 2.45) is 0 Å². The molecule has 148 valence electrons. The molecule has 0 amide bonds. The smallest absolute Gasteiger partial charge is 0.303 e. The van der Waals surface area contributed by atoms with E-state index in [1.54, 1.807) is 36.4 Å². The lowest BCUT2D eigenvalue weighted by Crippen LogP contribution is -2.02. The maximum atomic E-state index is 14.2. The Morgan fingerprint density at radius 1 is 1.17 bits per heavy atom. The van der Waals surface area contributed by atoms with E-state index in [1.807, 2.05) is 0 Å². The fourth-order valence-electron chi connectivity index (χ4n) is 2.54. The van der Waals surface area contributed by atoms with Crippen LogP contribution >= 0.6 is 0 Å². The molecular formula is C21H18FN3O4. The van der Waals surface area contributed by atoms with Gasteiger partial charge >= 0.3 is 5.97 Å². The number of carboxylic acids is 1. The third-order valence-electron chi connectivity index (χ3n) is 4.01. The van der Waals surface area contributed by atoms with E-state index in [4.69, 9.17) is 9.84 Å². The molecule has 7 nitrogen and oxygen atoms in total. The lowest BCUT2D eigenvalue weighted by Gasteiger charge is -2.05. The van der Waals surface area contributed by atoms with Crippen LogP contribution in [0.15, 0.2) is 61.2 Å². The fraction of sp³-hybridized carbons (Fsp3) is 0.143. The molecule has 8 heteroatoms. The number of hydrogen-bond acceptors (Lipinski definition) is 5. The summed E-state index contributed by atoms with van der Waals surface area (Å²) in [6, 6.07) is 11.1. The molecule has 0 saturated heterocycles. The van der Waals surface area contributed by atoms with Crippen LogP contribution in [0.25, 0.3) is 11.8 Å². The van der Waals surface area contributed by atoms with Crippen molar-refractivity contribution < 1.29 is 23.8 Å². The predicted molar refractivity (Wildman–Crippen MR) is 103 cm³/mol. The number of ketones is 1. The zero-order valence-corrected chi connectivity index (χ0v) is 15.4. The second kappa shape index (κ2) is 9.41. The third kappa shape index (κ3) is 5.58. The van der Waals surface area contributed by atoms with Crippen molar-refractivity contribution >= 4 is 17.8 Å². The molecule has 0 atom stereocenters. The molecule has 1 N–H and O–H groups in total. The second-order valence-corrected chi connectivity index (χ2v) is 6.12. The van der Waals surface area contributed by atoms with Gasteiger partial charge in [0.05, 0.1) is 6.61 Å². The van der Waals surface area contributed by atoms with Crippen molar-refractivity contribution in [2.75, 3.05) is 6.61 Å². The van der Waals surface area contributed by atoms with Crippen LogP contribution in [0.1, 0.15) is 28.8 Å². The Bertz CT molecular complexity index is 1010. The number of carbonyl (C=O) groups is 2. The van der Waals surface area contributed by atoms with Gasteiger partial charge in [0.1, 0.15) is 29.9 Å². The van der Waals surface area contributed by atoms with Gasteiger partial charge in [-0.25, -0.2) is 14.1 Å². The minimum atomic E-state index is -0.866. The van der Waals surface area contributed by atoms with Crippen LogP contribution in [0.5, 0.6) is 5.75 Å². The quantitative estimate of drug-likeness (QED) is 0.338. The number of carboxylic acid groups (broad SMARTS) is 1. The molecular weight excluding hydrogens is 377 g/mol. The maximum Gasteiger partial charge on any atom is 0.303 e. The second-order valence-electron chi connectivity index (χ2n) is 6.12. The number of aliphatic carboxylic acids is 1. The van der Waals surface area contributed by atoms with E-state index in [9.17, 15) is 14.0 Å². The van der Waals surface area contributed by atoms with Gasteiger partial charge in [0.15, 0.2) is 5.78 Å². The number of hydrogen-bond donors (Lipinski definition) is 1. The molecule has 1 aromatic heterocycles. The molecule has 0 aliphatic carbocycles. The number of nitrogens with zero attached hydrogens (tertiary/aromatic N) is 3. The predicted octanol–water partition coefficient (Wildman–Crippen LogP) is 3.55. The van der Waals surface area contributed by atoms with E-state index in [-0.39, 0.29) is 24.5 Å². The first-order chi connectivity index (χ1) is 14.0. The van der Waals surface area contributed by atoms with E-state index >= 15 is 0 Å². The Morgan fingerprint density at radius 2 is 1.97 bits per heavy atom. The van der Waals surface area contributed by atoms with Gasteiger partial charge in [-0.05, 0) is 54.5 Å². The zero-order chi connectivity index (χ0) is 20.6. The number of ether oxygens (including phenoxy) is 1. The van der Waals surface area contributed by atoms with Crippen LogP contribution in [0, 0.1) is 5.82 Å². The van der Waals surface area contributed by atoms with Gasteiger partial charge in [0, 0.05) is 12.0 Å². The summed E-state index contributed by atoms with van der Waals surface area (Å²) in [5.74, 6) is -1.02. The Morgan fingerprint density at radius 3 is 2.62 bits per heavy atom. The van der Waals surface area contributed by atoms with Gasteiger partial charge in [-0.15, -0.1) is 0 Å². The van der Waals surface area contributed by atoms with Gasteiger partial charge in [-0.2, -0.15) is 5.10 Å². The van der Waals surface area contributed by atoms with Crippen LogP contribution in [0.4, 0.5) is 4.39 Å². The van der Waals surface area contributed by atoms with E-state index in [0.717, 1.165) is 0 Å². The minimum absolute atomic E-state index is 0.0434. The summed E-state index contributed by atoms with van der Waals surface area (Å²) in [6.45, 7) is 0.287. The van der Waals surface area contributed by atoms with Crippen LogP contribution in [0.3, 0.4) is 0 Å². The van der Waals surface area contributed by atoms with Gasteiger partial charge in [-0.1, -0.05) is 12.1 Å². The summed E-state index contributed by atoms with van der Waals surface area (Å²) < 4.78 is 21.0. The summed E-state index contributed by atoms with van der Waals surface area (Å²) in [7, 11) is 0. The van der Waals surface area contributed by atoms with Gasteiger partial charge in [0.2, 0.25) is 0 Å². The SMILES string of the molecule is O=C(O)CCCOc1ccc(C(=O)/C=C/c2ccc(-n3cncn3)c(F)c2)cc1. The van der Waals surface area contributed by atoms with Crippen LogP contribution in [-0.2, 0) is 4.79 Å². The highest BCUT2D eigenvalue weighted by Crippen LogP contribution is 2.17. The number of benzene rings is 2. The lowest BCUT2D eigenvalue weighted by molar-refractivity contribution is -0.137. The normalized spacial score (nSPS) is 10.9. The lowest BCUT2D eigenvalue weighted by atomic mass is 10.1. The summed E-state index contributed by atoms with van der Waals surface area (Å²) in [5, 5.41) is 12.5. The molecule has 0 fully saturated rings. The van der Waals surface area contributed by atoms with Crippen molar-refractivity contribution in [3.8, 4) is 11.4 Å². The van der Waals surface area contributed by atoms with E-state index in [1.165, 1.54) is 35.6 Å². The molecule has 0 unspecified atom stereocenters. The summed E-state index contributed by atoms with van der Waals surface area (Å²) >= 11 is 0. The van der Waals surface area contributed by atoms with E-state index in [0.29, 0.717) is 23.3 Å². The standard InChI is InChI=1S/C21H18FN3O4/c22-18-12-15(3-9-19(18)25-14-23-13-24-25)4-10-20(26)16-5-7-17(8-6-16)29-11-1-2-21(27)28/h3-10,12-14H,1-2,11H2,(H,27,28)/b10-4+. The monoisotopic (exact) mass is 395 g/mol. The summed E-state index contributed by atoms with van der Waals surface area (Å²) in [5.41, 5.74) is 1.27. The topological polar surface area (TPSA) is 94.3 Å². The molecule has 0 bridgehead atoms. The molecule has 29 heavy (non-hydrogen) atoms. The molecule has 0 saturated carbocycles. The highest BCUT2D eigenvalue weighted by atomic mass is 19.1. The van der Waals surface area contributed by atoms with E-state index in [2.05, 4.69) is 10.1 Å². The molecule has 0 radical (unpaired) electrons. The van der Waals surface area contributed by atoms with Gasteiger partial charge in [0.25, 0.3) is 0 Å². The minimum Gasteiger partial charge on any atom is -0.494 e. The van der Waals surface area contributed by atoms with Gasteiger partial charge < -0.3 is 9.84 Å². The molecule has 3 aromatic rings. The first-order valence-electron chi connectivity index (χ1n) is 8.84. The van der Waals surface area contributed by atoms with Crippen LogP contribution in [0.2, 0.25) is 0 Å². The maximum absolute atomic E-state index is 14.2. The average molecular weight is 395 g/mol. The molecule has 1 heterocycles. The number of allylic oxidation sites excluding steroid dienone is 1. The van der Waals surface area contributed by atoms with Crippen molar-refractivity contribution in [2.45, 2.75) is 12.8 Å². The van der Waals surface area contributed by atoms with Crippen molar-refractivity contribution in [3.63, 3.8) is 0 Å². The molecule has 0 spiro atoms. The zero-order valence-electron chi connectivity index (χ0n) is 15.4.